The van der Waals surface area contributed by atoms with Crippen LogP contribution in [0.5, 0.6) is 0 Å². The molecule has 3 unspecified atom stereocenters. The van der Waals surface area contributed by atoms with Crippen molar-refractivity contribution in [3.05, 3.63) is 0 Å². The molecule has 0 spiro atoms. The number of hydrogen-bond donors (Lipinski definition) is 1. The number of halogens is 3. The monoisotopic (exact) mass is 265 g/mol. The minimum absolute atomic E-state index is 0.0569. The molecule has 1 N–H and O–H groups in total. The Bertz CT molecular complexity index is 303. The molecule has 2 aliphatic rings. The number of aliphatic hydroxyl groups excluding tert-OH is 1. The lowest BCUT2D eigenvalue weighted by Gasteiger charge is -2.40. The smallest absolute Gasteiger partial charge is 0.391 e. The van der Waals surface area contributed by atoms with Crippen LogP contribution in [0.25, 0.3) is 0 Å². The molecule has 0 radical (unpaired) electrons. The van der Waals surface area contributed by atoms with E-state index >= 15 is 0 Å². The number of rotatable bonds is 1. The molecule has 2 nitrogen and oxygen atoms in total. The first-order valence-electron chi connectivity index (χ1n) is 6.70. The highest BCUT2D eigenvalue weighted by Gasteiger charge is 2.47. The first-order valence-corrected chi connectivity index (χ1v) is 6.70. The quantitative estimate of drug-likeness (QED) is 0.788. The number of alkyl halides is 3. The van der Waals surface area contributed by atoms with E-state index in [1.807, 2.05) is 18.7 Å². The van der Waals surface area contributed by atoms with E-state index in [2.05, 4.69) is 0 Å². The van der Waals surface area contributed by atoms with Gasteiger partial charge in [0.15, 0.2) is 0 Å². The fraction of sp³-hybridized carbons (Fsp3) is 1.00. The summed E-state index contributed by atoms with van der Waals surface area (Å²) >= 11 is 0. The Balaban J connectivity index is 2.02. The van der Waals surface area contributed by atoms with E-state index in [4.69, 9.17) is 0 Å². The molecule has 2 rings (SSSR count). The molecule has 1 heterocycles. The lowest BCUT2D eigenvalue weighted by Crippen LogP contribution is -2.50. The van der Waals surface area contributed by atoms with Crippen molar-refractivity contribution >= 4 is 0 Å². The first kappa shape index (κ1) is 14.1. The third-order valence-corrected chi connectivity index (χ3v) is 4.63. The highest BCUT2D eigenvalue weighted by molar-refractivity contribution is 4.97. The van der Waals surface area contributed by atoms with Crippen molar-refractivity contribution in [2.24, 2.45) is 11.3 Å². The van der Waals surface area contributed by atoms with Crippen LogP contribution in [0.15, 0.2) is 0 Å². The number of piperidine rings is 1. The van der Waals surface area contributed by atoms with E-state index in [-0.39, 0.29) is 24.4 Å². The third-order valence-electron chi connectivity index (χ3n) is 4.63. The van der Waals surface area contributed by atoms with Gasteiger partial charge in [-0.3, -0.25) is 4.90 Å². The van der Waals surface area contributed by atoms with E-state index < -0.39 is 18.2 Å². The van der Waals surface area contributed by atoms with E-state index in [0.29, 0.717) is 13.0 Å². The van der Waals surface area contributed by atoms with Gasteiger partial charge in [0.2, 0.25) is 0 Å². The normalized spacial score (nSPS) is 38.0. The molecule has 0 aromatic heterocycles. The average Bonchev–Trinajstić information content (AvgIpc) is 2.53. The molecule has 1 aliphatic carbocycles. The van der Waals surface area contributed by atoms with Crippen molar-refractivity contribution in [2.45, 2.75) is 57.9 Å². The molecule has 1 saturated heterocycles. The second-order valence-electron chi connectivity index (χ2n) is 6.42. The van der Waals surface area contributed by atoms with Crippen molar-refractivity contribution in [2.75, 3.05) is 13.1 Å². The van der Waals surface area contributed by atoms with Crippen LogP contribution < -0.4 is 0 Å². The fourth-order valence-electron chi connectivity index (χ4n) is 3.30. The lowest BCUT2D eigenvalue weighted by atomic mass is 9.88. The summed E-state index contributed by atoms with van der Waals surface area (Å²) in [4.78, 5) is 1.86. The van der Waals surface area contributed by atoms with E-state index in [1.165, 1.54) is 0 Å². The molecule has 0 bridgehead atoms. The maximum atomic E-state index is 12.8. The maximum Gasteiger partial charge on any atom is 0.393 e. The van der Waals surface area contributed by atoms with Crippen molar-refractivity contribution in [3.63, 3.8) is 0 Å². The molecule has 2 fully saturated rings. The van der Waals surface area contributed by atoms with Crippen molar-refractivity contribution in [3.8, 4) is 0 Å². The summed E-state index contributed by atoms with van der Waals surface area (Å²) in [6.07, 6.45) is -2.12. The highest BCUT2D eigenvalue weighted by atomic mass is 19.4. The number of aliphatic hydroxyl groups is 1. The number of hydrogen-bond acceptors (Lipinski definition) is 2. The molecule has 1 saturated carbocycles. The van der Waals surface area contributed by atoms with Crippen LogP contribution in [-0.2, 0) is 0 Å². The van der Waals surface area contributed by atoms with Gasteiger partial charge in [0.25, 0.3) is 0 Å². The van der Waals surface area contributed by atoms with Gasteiger partial charge in [-0.1, -0.05) is 13.8 Å². The number of likely N-dealkylation sites (tertiary alicyclic amines) is 1. The van der Waals surface area contributed by atoms with Gasteiger partial charge in [-0.05, 0) is 37.6 Å². The molecule has 0 aromatic rings. The Kier molecular flexibility index (Phi) is 3.67. The van der Waals surface area contributed by atoms with Gasteiger partial charge in [-0.25, -0.2) is 0 Å². The molecule has 5 heteroatoms. The van der Waals surface area contributed by atoms with E-state index in [1.54, 1.807) is 0 Å². The third kappa shape index (κ3) is 2.67. The summed E-state index contributed by atoms with van der Waals surface area (Å²) in [5.41, 5.74) is -0.171. The van der Waals surface area contributed by atoms with Gasteiger partial charge >= 0.3 is 6.18 Å². The Labute approximate surface area is 106 Å². The van der Waals surface area contributed by atoms with Crippen molar-refractivity contribution in [1.29, 1.82) is 0 Å². The lowest BCUT2D eigenvalue weighted by molar-refractivity contribution is -0.190. The summed E-state index contributed by atoms with van der Waals surface area (Å²) in [6, 6.07) is -0.0925. The molecular weight excluding hydrogens is 243 g/mol. The maximum absolute atomic E-state index is 12.8. The van der Waals surface area contributed by atoms with Crippen LogP contribution in [0.2, 0.25) is 0 Å². The zero-order valence-corrected chi connectivity index (χ0v) is 11.0. The predicted octanol–water partition coefficient (Wildman–Crippen LogP) is 2.81. The van der Waals surface area contributed by atoms with Crippen LogP contribution in [-0.4, -0.2) is 41.4 Å². The molecular formula is C13H22F3NO. The highest BCUT2D eigenvalue weighted by Crippen LogP contribution is 2.42. The van der Waals surface area contributed by atoms with Gasteiger partial charge in [-0.2, -0.15) is 13.2 Å². The minimum Gasteiger partial charge on any atom is -0.391 e. The van der Waals surface area contributed by atoms with E-state index in [0.717, 1.165) is 12.8 Å². The molecule has 0 aromatic carbocycles. The second kappa shape index (κ2) is 4.67. The molecule has 0 amide bonds. The van der Waals surface area contributed by atoms with Crippen LogP contribution >= 0.6 is 0 Å². The van der Waals surface area contributed by atoms with Crippen LogP contribution in [0.3, 0.4) is 0 Å². The summed E-state index contributed by atoms with van der Waals surface area (Å²) in [7, 11) is 0. The van der Waals surface area contributed by atoms with Gasteiger partial charge < -0.3 is 5.11 Å². The van der Waals surface area contributed by atoms with Gasteiger partial charge in [0.05, 0.1) is 12.0 Å². The molecule has 3 atom stereocenters. The van der Waals surface area contributed by atoms with Gasteiger partial charge in [0.1, 0.15) is 0 Å². The van der Waals surface area contributed by atoms with Crippen LogP contribution in [0, 0.1) is 11.3 Å². The molecule has 18 heavy (non-hydrogen) atoms. The zero-order valence-electron chi connectivity index (χ0n) is 11.0. The Morgan fingerprint density at radius 2 is 1.89 bits per heavy atom. The van der Waals surface area contributed by atoms with Crippen LogP contribution in [0.1, 0.15) is 39.5 Å². The van der Waals surface area contributed by atoms with Crippen molar-refractivity contribution in [1.82, 2.24) is 4.90 Å². The van der Waals surface area contributed by atoms with Crippen LogP contribution in [0.4, 0.5) is 13.2 Å². The topological polar surface area (TPSA) is 23.5 Å². The molecule has 1 aliphatic heterocycles. The standard InChI is InChI=1S/C13H22F3NO/c1-12(2)6-5-10(11(12)18)17-7-3-4-9(8-17)13(14,15)16/h9-11,18H,3-8H2,1-2H3. The minimum atomic E-state index is -4.10. The Morgan fingerprint density at radius 3 is 2.39 bits per heavy atom. The summed E-state index contributed by atoms with van der Waals surface area (Å²) in [5.74, 6) is -1.22. The second-order valence-corrected chi connectivity index (χ2v) is 6.42. The predicted molar refractivity (Wildman–Crippen MR) is 63.2 cm³/mol. The SMILES string of the molecule is CC1(C)CCC(N2CCCC(C(F)(F)F)C2)C1O. The summed E-state index contributed by atoms with van der Waals surface area (Å²) < 4.78 is 38.3. The summed E-state index contributed by atoms with van der Waals surface area (Å²) in [5, 5.41) is 10.2. The fourth-order valence-corrected chi connectivity index (χ4v) is 3.30. The average molecular weight is 265 g/mol. The largest absolute Gasteiger partial charge is 0.393 e. The zero-order chi connectivity index (χ0) is 13.6. The van der Waals surface area contributed by atoms with E-state index in [9.17, 15) is 18.3 Å². The Hall–Kier alpha value is -0.290. The first-order chi connectivity index (χ1) is 8.22. The molecule has 106 valence electrons. The number of nitrogens with zero attached hydrogens (tertiary/aromatic N) is 1. The summed E-state index contributed by atoms with van der Waals surface area (Å²) in [6.45, 7) is 4.72. The van der Waals surface area contributed by atoms with Gasteiger partial charge in [0, 0.05) is 12.6 Å². The van der Waals surface area contributed by atoms with Gasteiger partial charge in [-0.15, -0.1) is 0 Å². The Morgan fingerprint density at radius 1 is 1.22 bits per heavy atom. The van der Waals surface area contributed by atoms with Crippen molar-refractivity contribution < 1.29 is 18.3 Å².